The van der Waals surface area contributed by atoms with Gasteiger partial charge in [-0.3, -0.25) is 4.79 Å². The second kappa shape index (κ2) is 17.7. The van der Waals surface area contributed by atoms with E-state index in [4.69, 9.17) is 14.2 Å². The van der Waals surface area contributed by atoms with Crippen molar-refractivity contribution in [3.05, 3.63) is 89.5 Å². The Morgan fingerprint density at radius 2 is 1.34 bits per heavy atom. The molecular formula is C37H50N2O5. The van der Waals surface area contributed by atoms with Gasteiger partial charge in [-0.25, -0.2) is 0 Å². The fraction of sp³-hybridized carbons (Fsp3) is 0.486. The van der Waals surface area contributed by atoms with Crippen LogP contribution in [0.25, 0.3) is 0 Å². The van der Waals surface area contributed by atoms with E-state index in [2.05, 4.69) is 70.9 Å². The smallest absolute Gasteiger partial charge is 0.223 e. The molecule has 1 aliphatic rings. The minimum absolute atomic E-state index is 0.0178. The van der Waals surface area contributed by atoms with E-state index in [1.165, 1.54) is 11.1 Å². The number of methoxy groups -OCH3 is 3. The minimum Gasteiger partial charge on any atom is -0.493 e. The number of carbonyl (C=O) groups excluding carboxylic acids is 1. The molecule has 0 bridgehead atoms. The molecule has 0 radical (unpaired) electrons. The van der Waals surface area contributed by atoms with Crippen molar-refractivity contribution in [3.8, 4) is 17.2 Å². The van der Waals surface area contributed by atoms with Gasteiger partial charge < -0.3 is 29.5 Å². The molecule has 7 nitrogen and oxygen atoms in total. The van der Waals surface area contributed by atoms with Gasteiger partial charge in [0, 0.05) is 18.5 Å². The Labute approximate surface area is 263 Å². The highest BCUT2D eigenvalue weighted by atomic mass is 16.5. The molecule has 1 saturated heterocycles. The zero-order chi connectivity index (χ0) is 31.1. The van der Waals surface area contributed by atoms with Crippen molar-refractivity contribution in [3.63, 3.8) is 0 Å². The Kier molecular flexibility index (Phi) is 13.4. The molecule has 0 aromatic heterocycles. The highest BCUT2D eigenvalue weighted by molar-refractivity contribution is 5.79. The Bertz CT molecular complexity index is 1190. The van der Waals surface area contributed by atoms with Crippen LogP contribution in [0.3, 0.4) is 0 Å². The first-order valence-corrected chi connectivity index (χ1v) is 16.1. The van der Waals surface area contributed by atoms with Crippen molar-refractivity contribution in [2.45, 2.75) is 69.9 Å². The van der Waals surface area contributed by atoms with Gasteiger partial charge in [-0.2, -0.15) is 0 Å². The SMILES string of the molecule is COc1cc(CC(O)CN2CCC(C(=O)NC(CCCc3ccccc3)CCCc3ccccc3)CC2)cc(OC)c1OC. The van der Waals surface area contributed by atoms with Gasteiger partial charge in [-0.05, 0) is 99.7 Å². The van der Waals surface area contributed by atoms with Gasteiger partial charge >= 0.3 is 0 Å². The zero-order valence-electron chi connectivity index (χ0n) is 26.7. The Balaban J connectivity index is 1.24. The number of nitrogens with zero attached hydrogens (tertiary/aromatic N) is 1. The molecule has 0 aliphatic carbocycles. The van der Waals surface area contributed by atoms with E-state index >= 15 is 0 Å². The summed E-state index contributed by atoms with van der Waals surface area (Å²) < 4.78 is 16.3. The van der Waals surface area contributed by atoms with Crippen LogP contribution < -0.4 is 19.5 Å². The number of ether oxygens (including phenoxy) is 3. The quantitative estimate of drug-likeness (QED) is 0.202. The number of piperidine rings is 1. The number of likely N-dealkylation sites (tertiary alicyclic amines) is 1. The maximum Gasteiger partial charge on any atom is 0.223 e. The Morgan fingerprint density at radius 3 is 1.82 bits per heavy atom. The molecular weight excluding hydrogens is 552 g/mol. The lowest BCUT2D eigenvalue weighted by atomic mass is 9.93. The molecule has 44 heavy (non-hydrogen) atoms. The predicted molar refractivity (Wildman–Crippen MR) is 176 cm³/mol. The first-order valence-electron chi connectivity index (χ1n) is 16.1. The van der Waals surface area contributed by atoms with Gasteiger partial charge in [0.15, 0.2) is 11.5 Å². The molecule has 1 aliphatic heterocycles. The van der Waals surface area contributed by atoms with Gasteiger partial charge in [0.2, 0.25) is 11.7 Å². The topological polar surface area (TPSA) is 80.3 Å². The van der Waals surface area contributed by atoms with Crippen molar-refractivity contribution in [1.82, 2.24) is 10.2 Å². The molecule has 1 fully saturated rings. The van der Waals surface area contributed by atoms with Gasteiger partial charge in [0.1, 0.15) is 0 Å². The number of carbonyl (C=O) groups is 1. The molecule has 238 valence electrons. The fourth-order valence-electron chi connectivity index (χ4n) is 6.27. The van der Waals surface area contributed by atoms with Crippen LogP contribution >= 0.6 is 0 Å². The molecule has 0 saturated carbocycles. The first kappa shape index (κ1) is 33.3. The van der Waals surface area contributed by atoms with Crippen molar-refractivity contribution < 1.29 is 24.1 Å². The van der Waals surface area contributed by atoms with Crippen molar-refractivity contribution >= 4 is 5.91 Å². The first-order chi connectivity index (χ1) is 21.5. The molecule has 7 heteroatoms. The van der Waals surface area contributed by atoms with Crippen LogP contribution in [-0.4, -0.2) is 69.0 Å². The number of β-amino-alcohol motifs (C(OH)–C–C–N with tert-alkyl or cyclic N) is 1. The lowest BCUT2D eigenvalue weighted by molar-refractivity contribution is -0.127. The predicted octanol–water partition coefficient (Wildman–Crippen LogP) is 5.86. The average molecular weight is 603 g/mol. The summed E-state index contributed by atoms with van der Waals surface area (Å²) in [6, 6.07) is 25.1. The maximum absolute atomic E-state index is 13.4. The lowest BCUT2D eigenvalue weighted by Crippen LogP contribution is -2.45. The van der Waals surface area contributed by atoms with Gasteiger partial charge in [0.25, 0.3) is 0 Å². The van der Waals surface area contributed by atoms with E-state index in [1.54, 1.807) is 21.3 Å². The summed E-state index contributed by atoms with van der Waals surface area (Å²) in [5.74, 6) is 1.91. The summed E-state index contributed by atoms with van der Waals surface area (Å²) in [7, 11) is 4.77. The van der Waals surface area contributed by atoms with Crippen molar-refractivity contribution in [2.75, 3.05) is 41.0 Å². The number of hydrogen-bond donors (Lipinski definition) is 2. The third-order valence-corrected chi connectivity index (χ3v) is 8.69. The van der Waals surface area contributed by atoms with Crippen molar-refractivity contribution in [2.24, 2.45) is 5.92 Å². The van der Waals surface area contributed by atoms with Crippen LogP contribution in [0.5, 0.6) is 17.2 Å². The summed E-state index contributed by atoms with van der Waals surface area (Å²) in [4.78, 5) is 15.7. The summed E-state index contributed by atoms with van der Waals surface area (Å²) in [5.41, 5.74) is 3.62. The number of aryl methyl sites for hydroxylation is 2. The lowest BCUT2D eigenvalue weighted by Gasteiger charge is -2.33. The Hall–Kier alpha value is -3.55. The average Bonchev–Trinajstić information content (AvgIpc) is 3.05. The monoisotopic (exact) mass is 602 g/mol. The number of amides is 1. The molecule has 4 rings (SSSR count). The van der Waals surface area contributed by atoms with E-state index in [1.807, 2.05) is 12.1 Å². The van der Waals surface area contributed by atoms with E-state index in [0.717, 1.165) is 70.0 Å². The van der Waals surface area contributed by atoms with Gasteiger partial charge in [0.05, 0.1) is 27.4 Å². The molecule has 1 heterocycles. The Morgan fingerprint density at radius 1 is 0.818 bits per heavy atom. The van der Waals surface area contributed by atoms with Crippen molar-refractivity contribution in [1.29, 1.82) is 0 Å². The second-order valence-corrected chi connectivity index (χ2v) is 11.9. The van der Waals surface area contributed by atoms with E-state index in [-0.39, 0.29) is 17.9 Å². The third-order valence-electron chi connectivity index (χ3n) is 8.69. The van der Waals surface area contributed by atoms with Crippen LogP contribution in [0.15, 0.2) is 72.8 Å². The van der Waals surface area contributed by atoms with Gasteiger partial charge in [-0.15, -0.1) is 0 Å². The molecule has 1 unspecified atom stereocenters. The summed E-state index contributed by atoms with van der Waals surface area (Å²) >= 11 is 0. The molecule has 3 aromatic rings. The summed E-state index contributed by atoms with van der Waals surface area (Å²) in [5, 5.41) is 14.3. The number of rotatable bonds is 17. The number of nitrogens with one attached hydrogen (secondary N) is 1. The second-order valence-electron chi connectivity index (χ2n) is 11.9. The van der Waals surface area contributed by atoms with E-state index < -0.39 is 6.10 Å². The summed E-state index contributed by atoms with van der Waals surface area (Å²) in [6.07, 6.45) is 7.71. The third kappa shape index (κ3) is 10.3. The molecule has 1 atom stereocenters. The van der Waals surface area contributed by atoms with Crippen LogP contribution in [0, 0.1) is 5.92 Å². The molecule has 3 aromatic carbocycles. The van der Waals surface area contributed by atoms with Gasteiger partial charge in [-0.1, -0.05) is 60.7 Å². The number of hydrogen-bond acceptors (Lipinski definition) is 6. The molecule has 1 amide bonds. The van der Waals surface area contributed by atoms with Crippen LogP contribution in [0.1, 0.15) is 55.2 Å². The van der Waals surface area contributed by atoms with E-state index in [9.17, 15) is 9.90 Å². The number of aliphatic hydroxyl groups is 1. The number of benzene rings is 3. The number of aliphatic hydroxyl groups excluding tert-OH is 1. The molecule has 0 spiro atoms. The van der Waals surface area contributed by atoms with Crippen LogP contribution in [0.4, 0.5) is 0 Å². The summed E-state index contributed by atoms with van der Waals surface area (Å²) in [6.45, 7) is 2.17. The standard InChI is InChI=1S/C37H50N2O5/c1-42-34-25-30(26-35(43-2)36(34)44-3)24-33(40)27-39-22-20-31(21-23-39)37(41)38-32(18-10-16-28-12-6-4-7-13-28)19-11-17-29-14-8-5-9-15-29/h4-9,12-15,25-26,31-33,40H,10-11,16-24,27H2,1-3H3,(H,38,41). The highest BCUT2D eigenvalue weighted by Crippen LogP contribution is 2.38. The minimum atomic E-state index is -0.540. The normalized spacial score (nSPS) is 14.8. The van der Waals surface area contributed by atoms with Crippen LogP contribution in [0.2, 0.25) is 0 Å². The van der Waals surface area contributed by atoms with Crippen LogP contribution in [-0.2, 0) is 24.1 Å². The van der Waals surface area contributed by atoms with E-state index in [0.29, 0.717) is 30.2 Å². The highest BCUT2D eigenvalue weighted by Gasteiger charge is 2.27. The molecule has 2 N–H and O–H groups in total. The maximum atomic E-state index is 13.4. The largest absolute Gasteiger partial charge is 0.493 e. The fourth-order valence-corrected chi connectivity index (χ4v) is 6.27. The zero-order valence-corrected chi connectivity index (χ0v) is 26.7.